The van der Waals surface area contributed by atoms with Crippen molar-refractivity contribution in [3.05, 3.63) is 53.6 Å². The number of ether oxygens (including phenoxy) is 2. The number of benzene rings is 2. The largest absolute Gasteiger partial charge is 0.490 e. The minimum Gasteiger partial charge on any atom is -0.490 e. The van der Waals surface area contributed by atoms with Gasteiger partial charge in [-0.2, -0.15) is 4.31 Å². The lowest BCUT2D eigenvalue weighted by atomic mass is 10.2. The van der Waals surface area contributed by atoms with Crippen molar-refractivity contribution in [2.75, 3.05) is 52.5 Å². The molecule has 8 nitrogen and oxygen atoms in total. The number of rotatable bonds is 10. The molecule has 1 amide bonds. The van der Waals surface area contributed by atoms with Crippen LogP contribution in [0.25, 0.3) is 0 Å². The minimum atomic E-state index is -3.47. The summed E-state index contributed by atoms with van der Waals surface area (Å²) in [5.41, 5.74) is 1.54. The summed E-state index contributed by atoms with van der Waals surface area (Å²) in [5, 5.41) is 2.93. The molecule has 0 bridgehead atoms. The van der Waals surface area contributed by atoms with Crippen LogP contribution in [0, 0.1) is 6.92 Å². The molecular weight excluding hydrogens is 442 g/mol. The van der Waals surface area contributed by atoms with E-state index in [-0.39, 0.29) is 5.91 Å². The lowest BCUT2D eigenvalue weighted by Gasteiger charge is -2.34. The van der Waals surface area contributed by atoms with E-state index < -0.39 is 10.0 Å². The van der Waals surface area contributed by atoms with Gasteiger partial charge in [0.1, 0.15) is 0 Å². The van der Waals surface area contributed by atoms with Crippen molar-refractivity contribution in [1.82, 2.24) is 14.5 Å². The van der Waals surface area contributed by atoms with Crippen LogP contribution in [0.3, 0.4) is 0 Å². The Hall–Kier alpha value is -2.62. The van der Waals surface area contributed by atoms with E-state index in [0.29, 0.717) is 74.4 Å². The quantitative estimate of drug-likeness (QED) is 0.568. The molecule has 0 unspecified atom stereocenters. The van der Waals surface area contributed by atoms with Crippen molar-refractivity contribution >= 4 is 15.9 Å². The molecule has 0 aliphatic carbocycles. The first-order valence-electron chi connectivity index (χ1n) is 11.3. The smallest absolute Gasteiger partial charge is 0.251 e. The Bertz CT molecular complexity index is 1030. The molecule has 1 heterocycles. The Morgan fingerprint density at radius 3 is 2.21 bits per heavy atom. The number of hydrogen-bond donors (Lipinski definition) is 1. The van der Waals surface area contributed by atoms with Gasteiger partial charge >= 0.3 is 0 Å². The van der Waals surface area contributed by atoms with Gasteiger partial charge in [0.05, 0.1) is 18.1 Å². The van der Waals surface area contributed by atoms with E-state index in [1.807, 2.05) is 32.9 Å². The second kappa shape index (κ2) is 11.5. The normalized spacial score (nSPS) is 15.2. The van der Waals surface area contributed by atoms with Crippen LogP contribution < -0.4 is 14.8 Å². The van der Waals surface area contributed by atoms with Crippen LogP contribution in [0.15, 0.2) is 47.4 Å². The standard InChI is InChI=1S/C24H33N3O5S/c1-4-31-22-11-8-20(18-23(22)32-5-2)24(28)25-12-13-26-14-16-27(17-15-26)33(29,30)21-9-6-19(3)7-10-21/h6-11,18H,4-5,12-17H2,1-3H3,(H,25,28). The molecule has 2 aromatic rings. The molecule has 1 saturated heterocycles. The zero-order chi connectivity index (χ0) is 23.8. The molecule has 2 aromatic carbocycles. The molecule has 33 heavy (non-hydrogen) atoms. The van der Waals surface area contributed by atoms with Crippen molar-refractivity contribution in [2.45, 2.75) is 25.7 Å². The molecule has 0 spiro atoms. The Morgan fingerprint density at radius 1 is 0.939 bits per heavy atom. The van der Waals surface area contributed by atoms with Gasteiger partial charge in [0.25, 0.3) is 5.91 Å². The van der Waals surface area contributed by atoms with E-state index in [4.69, 9.17) is 9.47 Å². The Morgan fingerprint density at radius 2 is 1.58 bits per heavy atom. The zero-order valence-electron chi connectivity index (χ0n) is 19.5. The van der Waals surface area contributed by atoms with Crippen LogP contribution in [-0.4, -0.2) is 76.0 Å². The highest BCUT2D eigenvalue weighted by Crippen LogP contribution is 2.28. The van der Waals surface area contributed by atoms with Crippen LogP contribution in [-0.2, 0) is 10.0 Å². The molecule has 1 fully saturated rings. The van der Waals surface area contributed by atoms with Crippen molar-refractivity contribution in [3.63, 3.8) is 0 Å². The predicted octanol–water partition coefficient (Wildman–Crippen LogP) is 2.53. The number of nitrogens with zero attached hydrogens (tertiary/aromatic N) is 2. The second-order valence-electron chi connectivity index (χ2n) is 7.84. The number of piperazine rings is 1. The number of carbonyl (C=O) groups excluding carboxylic acids is 1. The molecule has 0 radical (unpaired) electrons. The first kappa shape index (κ1) is 25.0. The Labute approximate surface area is 196 Å². The molecule has 180 valence electrons. The molecule has 0 aromatic heterocycles. The summed E-state index contributed by atoms with van der Waals surface area (Å²) in [7, 11) is -3.47. The highest BCUT2D eigenvalue weighted by atomic mass is 32.2. The third-order valence-corrected chi connectivity index (χ3v) is 7.42. The average molecular weight is 476 g/mol. The molecule has 3 rings (SSSR count). The molecule has 0 atom stereocenters. The molecule has 0 saturated carbocycles. The lowest BCUT2D eigenvalue weighted by Crippen LogP contribution is -2.50. The van der Waals surface area contributed by atoms with Crippen LogP contribution in [0.4, 0.5) is 0 Å². The van der Waals surface area contributed by atoms with Crippen molar-refractivity contribution in [1.29, 1.82) is 0 Å². The predicted molar refractivity (Wildman–Crippen MR) is 127 cm³/mol. The van der Waals surface area contributed by atoms with Crippen molar-refractivity contribution in [3.8, 4) is 11.5 Å². The molecule has 1 aliphatic rings. The molecule has 9 heteroatoms. The summed E-state index contributed by atoms with van der Waals surface area (Å²) < 4.78 is 38.3. The first-order chi connectivity index (χ1) is 15.8. The van der Waals surface area contributed by atoms with Gasteiger partial charge in [0.2, 0.25) is 10.0 Å². The highest BCUT2D eigenvalue weighted by molar-refractivity contribution is 7.89. The zero-order valence-corrected chi connectivity index (χ0v) is 20.4. The SMILES string of the molecule is CCOc1ccc(C(=O)NCCN2CCN(S(=O)(=O)c3ccc(C)cc3)CC2)cc1OCC. The van der Waals surface area contributed by atoms with E-state index in [0.717, 1.165) is 5.56 Å². The number of carbonyl (C=O) groups is 1. The van der Waals surface area contributed by atoms with E-state index in [1.165, 1.54) is 4.31 Å². The maximum atomic E-state index is 12.8. The fourth-order valence-electron chi connectivity index (χ4n) is 3.67. The van der Waals surface area contributed by atoms with E-state index in [1.54, 1.807) is 30.3 Å². The number of aryl methyl sites for hydroxylation is 1. The van der Waals surface area contributed by atoms with Crippen LogP contribution >= 0.6 is 0 Å². The van der Waals surface area contributed by atoms with E-state index >= 15 is 0 Å². The summed E-state index contributed by atoms with van der Waals surface area (Å²) in [6.07, 6.45) is 0. The fraction of sp³-hybridized carbons (Fsp3) is 0.458. The Kier molecular flexibility index (Phi) is 8.71. The summed E-state index contributed by atoms with van der Waals surface area (Å²) in [6, 6.07) is 12.1. The van der Waals surface area contributed by atoms with Gasteiger partial charge in [-0.1, -0.05) is 17.7 Å². The van der Waals surface area contributed by atoms with Crippen LogP contribution in [0.2, 0.25) is 0 Å². The average Bonchev–Trinajstić information content (AvgIpc) is 2.81. The maximum Gasteiger partial charge on any atom is 0.251 e. The molecule has 1 aliphatic heterocycles. The number of sulfonamides is 1. The summed E-state index contributed by atoms with van der Waals surface area (Å²) in [6.45, 7) is 9.95. The molecular formula is C24H33N3O5S. The van der Waals surface area contributed by atoms with Gasteiger partial charge in [0, 0.05) is 44.8 Å². The first-order valence-corrected chi connectivity index (χ1v) is 12.8. The van der Waals surface area contributed by atoms with E-state index in [9.17, 15) is 13.2 Å². The van der Waals surface area contributed by atoms with Gasteiger partial charge < -0.3 is 14.8 Å². The van der Waals surface area contributed by atoms with Crippen molar-refractivity contribution in [2.24, 2.45) is 0 Å². The number of nitrogens with one attached hydrogen (secondary N) is 1. The summed E-state index contributed by atoms with van der Waals surface area (Å²) in [4.78, 5) is 15.1. The number of hydrogen-bond acceptors (Lipinski definition) is 6. The minimum absolute atomic E-state index is 0.181. The Balaban J connectivity index is 1.48. The maximum absolute atomic E-state index is 12.8. The summed E-state index contributed by atoms with van der Waals surface area (Å²) in [5.74, 6) is 0.992. The fourth-order valence-corrected chi connectivity index (χ4v) is 5.10. The topological polar surface area (TPSA) is 88.2 Å². The van der Waals surface area contributed by atoms with Gasteiger partial charge in [-0.05, 0) is 51.1 Å². The van der Waals surface area contributed by atoms with Crippen LogP contribution in [0.5, 0.6) is 11.5 Å². The van der Waals surface area contributed by atoms with Gasteiger partial charge in [-0.25, -0.2) is 8.42 Å². The van der Waals surface area contributed by atoms with Crippen LogP contribution in [0.1, 0.15) is 29.8 Å². The van der Waals surface area contributed by atoms with Gasteiger partial charge in [-0.15, -0.1) is 0 Å². The number of amides is 1. The van der Waals surface area contributed by atoms with E-state index in [2.05, 4.69) is 10.2 Å². The lowest BCUT2D eigenvalue weighted by molar-refractivity contribution is 0.0944. The summed E-state index contributed by atoms with van der Waals surface area (Å²) >= 11 is 0. The third-order valence-electron chi connectivity index (χ3n) is 5.51. The second-order valence-corrected chi connectivity index (χ2v) is 9.78. The van der Waals surface area contributed by atoms with Gasteiger partial charge in [-0.3, -0.25) is 9.69 Å². The molecule has 1 N–H and O–H groups in total. The highest BCUT2D eigenvalue weighted by Gasteiger charge is 2.28. The third kappa shape index (κ3) is 6.46. The monoisotopic (exact) mass is 475 g/mol. The van der Waals surface area contributed by atoms with Gasteiger partial charge in [0.15, 0.2) is 11.5 Å². The van der Waals surface area contributed by atoms with Crippen molar-refractivity contribution < 1.29 is 22.7 Å².